The Morgan fingerprint density at radius 2 is 1.09 bits per heavy atom. The van der Waals surface area contributed by atoms with Gasteiger partial charge in [-0.05, 0) is 66.3 Å². The summed E-state index contributed by atoms with van der Waals surface area (Å²) in [5.74, 6) is 0. The van der Waals surface area contributed by atoms with Crippen LogP contribution in [0.3, 0.4) is 0 Å². The van der Waals surface area contributed by atoms with E-state index in [2.05, 4.69) is 120 Å². The van der Waals surface area contributed by atoms with Crippen LogP contribution in [0.4, 0.5) is 11.4 Å². The standard InChI is InChI=1S/C32H35N/c1(3-5-9-18-28-20-17-21-29-19-14-15-26-32(28)29)2-4-6-16-27-33(30-22-10-7-11-23-30)31-24-12-8-13-25-31/h7-8,10-17,19-27H,1-6,9,18H2. The summed E-state index contributed by atoms with van der Waals surface area (Å²) in [6.45, 7) is 0. The second-order valence-corrected chi connectivity index (χ2v) is 8.72. The zero-order valence-corrected chi connectivity index (χ0v) is 19.6. The molecule has 0 fully saturated rings. The number of unbranched alkanes of at least 4 members (excludes halogenated alkanes) is 6. The highest BCUT2D eigenvalue weighted by atomic mass is 15.1. The van der Waals surface area contributed by atoms with Crippen molar-refractivity contribution < 1.29 is 0 Å². The lowest BCUT2D eigenvalue weighted by Gasteiger charge is -2.20. The van der Waals surface area contributed by atoms with Gasteiger partial charge in [0.15, 0.2) is 0 Å². The minimum atomic E-state index is 1.13. The zero-order valence-electron chi connectivity index (χ0n) is 19.6. The molecule has 0 unspecified atom stereocenters. The molecule has 0 saturated carbocycles. The Labute approximate surface area is 199 Å². The van der Waals surface area contributed by atoms with Crippen LogP contribution < -0.4 is 4.90 Å². The van der Waals surface area contributed by atoms with E-state index < -0.39 is 0 Å². The molecule has 0 amide bonds. The predicted molar refractivity (Wildman–Crippen MR) is 144 cm³/mol. The van der Waals surface area contributed by atoms with Gasteiger partial charge in [-0.15, -0.1) is 0 Å². The molecule has 0 aliphatic heterocycles. The summed E-state index contributed by atoms with van der Waals surface area (Å²) in [5, 5.41) is 2.79. The maximum absolute atomic E-state index is 2.32. The molecule has 1 heteroatoms. The van der Waals surface area contributed by atoms with Gasteiger partial charge in [0.1, 0.15) is 0 Å². The molecule has 0 bridgehead atoms. The maximum atomic E-state index is 2.32. The lowest BCUT2D eigenvalue weighted by atomic mass is 9.99. The summed E-state index contributed by atoms with van der Waals surface area (Å²) < 4.78 is 0. The first kappa shape index (κ1) is 22.9. The molecule has 168 valence electrons. The highest BCUT2D eigenvalue weighted by molar-refractivity contribution is 5.85. The van der Waals surface area contributed by atoms with Crippen molar-refractivity contribution in [3.63, 3.8) is 0 Å². The van der Waals surface area contributed by atoms with Crippen molar-refractivity contribution >= 4 is 22.1 Å². The summed E-state index contributed by atoms with van der Waals surface area (Å²) >= 11 is 0. The average molecular weight is 434 g/mol. The second-order valence-electron chi connectivity index (χ2n) is 8.72. The summed E-state index contributed by atoms with van der Waals surface area (Å²) in [6, 6.07) is 36.6. The van der Waals surface area contributed by atoms with Crippen LogP contribution in [-0.4, -0.2) is 0 Å². The number of para-hydroxylation sites is 2. The van der Waals surface area contributed by atoms with E-state index in [4.69, 9.17) is 0 Å². The largest absolute Gasteiger partial charge is 0.318 e. The molecule has 1 nitrogen and oxygen atoms in total. The molecule has 4 rings (SSSR count). The third-order valence-electron chi connectivity index (χ3n) is 6.27. The zero-order chi connectivity index (χ0) is 22.6. The van der Waals surface area contributed by atoms with Gasteiger partial charge in [0, 0.05) is 17.6 Å². The van der Waals surface area contributed by atoms with E-state index in [-0.39, 0.29) is 0 Å². The van der Waals surface area contributed by atoms with Gasteiger partial charge >= 0.3 is 0 Å². The van der Waals surface area contributed by atoms with E-state index in [1.165, 1.54) is 72.7 Å². The number of hydrogen-bond acceptors (Lipinski definition) is 1. The Morgan fingerprint density at radius 1 is 0.515 bits per heavy atom. The minimum Gasteiger partial charge on any atom is -0.318 e. The Balaban J connectivity index is 1.15. The number of nitrogens with zero attached hydrogens (tertiary/aromatic N) is 1. The number of benzene rings is 4. The molecule has 4 aromatic rings. The topological polar surface area (TPSA) is 3.24 Å². The van der Waals surface area contributed by atoms with Gasteiger partial charge in [0.05, 0.1) is 0 Å². The maximum Gasteiger partial charge on any atom is 0.0455 e. The van der Waals surface area contributed by atoms with E-state index in [1.807, 2.05) is 0 Å². The van der Waals surface area contributed by atoms with Crippen molar-refractivity contribution in [2.45, 2.75) is 51.4 Å². The molecule has 0 heterocycles. The molecule has 0 aliphatic carbocycles. The summed E-state index contributed by atoms with van der Waals surface area (Å²) in [6.07, 6.45) is 14.7. The minimum absolute atomic E-state index is 1.13. The molecular formula is C32H35N. The lowest BCUT2D eigenvalue weighted by Crippen LogP contribution is -2.07. The third kappa shape index (κ3) is 6.83. The summed E-state index contributed by atoms with van der Waals surface area (Å²) in [5.41, 5.74) is 3.90. The number of rotatable bonds is 12. The average Bonchev–Trinajstić information content (AvgIpc) is 2.88. The third-order valence-corrected chi connectivity index (χ3v) is 6.27. The molecule has 0 N–H and O–H groups in total. The Bertz CT molecular complexity index is 1070. The molecule has 4 aromatic carbocycles. The smallest absolute Gasteiger partial charge is 0.0455 e. The van der Waals surface area contributed by atoms with Crippen molar-refractivity contribution in [2.24, 2.45) is 0 Å². The summed E-state index contributed by atoms with van der Waals surface area (Å²) in [7, 11) is 0. The van der Waals surface area contributed by atoms with Crippen LogP contribution in [-0.2, 0) is 6.42 Å². The predicted octanol–water partition coefficient (Wildman–Crippen LogP) is 9.46. The Hall–Kier alpha value is -3.32. The van der Waals surface area contributed by atoms with Crippen LogP contribution >= 0.6 is 0 Å². The molecule has 0 radical (unpaired) electrons. The van der Waals surface area contributed by atoms with Gasteiger partial charge in [-0.3, -0.25) is 0 Å². The van der Waals surface area contributed by atoms with E-state index in [1.54, 1.807) is 0 Å². The van der Waals surface area contributed by atoms with E-state index in [0.29, 0.717) is 0 Å². The van der Waals surface area contributed by atoms with E-state index in [0.717, 1.165) is 6.42 Å². The molecular weight excluding hydrogens is 398 g/mol. The first-order chi connectivity index (χ1) is 16.4. The SMILES string of the molecule is C(=CN(c1ccccc1)c1ccccc1)CCCCCCCCc1cccc2ccccc12. The molecule has 0 aromatic heterocycles. The van der Waals surface area contributed by atoms with Gasteiger partial charge in [-0.1, -0.05) is 111 Å². The van der Waals surface area contributed by atoms with Crippen molar-refractivity contribution in [1.82, 2.24) is 0 Å². The van der Waals surface area contributed by atoms with Gasteiger partial charge in [0.25, 0.3) is 0 Å². The van der Waals surface area contributed by atoms with Crippen molar-refractivity contribution in [3.8, 4) is 0 Å². The number of allylic oxidation sites excluding steroid dienone is 1. The fraction of sp³-hybridized carbons (Fsp3) is 0.250. The van der Waals surface area contributed by atoms with E-state index in [9.17, 15) is 0 Å². The Morgan fingerprint density at radius 3 is 1.82 bits per heavy atom. The number of aryl methyl sites for hydroxylation is 1. The second kappa shape index (κ2) is 12.6. The molecule has 0 saturated heterocycles. The van der Waals surface area contributed by atoms with Crippen LogP contribution in [0.2, 0.25) is 0 Å². The first-order valence-corrected chi connectivity index (χ1v) is 12.4. The Kier molecular flexibility index (Phi) is 8.76. The monoisotopic (exact) mass is 433 g/mol. The van der Waals surface area contributed by atoms with Crippen LogP contribution in [0.1, 0.15) is 50.5 Å². The number of anilines is 2. The normalized spacial score (nSPS) is 11.3. The lowest BCUT2D eigenvalue weighted by molar-refractivity contribution is 0.597. The molecule has 0 atom stereocenters. The highest BCUT2D eigenvalue weighted by Gasteiger charge is 2.04. The number of hydrogen-bond donors (Lipinski definition) is 0. The molecule has 33 heavy (non-hydrogen) atoms. The first-order valence-electron chi connectivity index (χ1n) is 12.4. The van der Waals surface area contributed by atoms with Crippen molar-refractivity contribution in [2.75, 3.05) is 4.90 Å². The van der Waals surface area contributed by atoms with Crippen LogP contribution in [0, 0.1) is 0 Å². The molecule has 0 spiro atoms. The van der Waals surface area contributed by atoms with E-state index >= 15 is 0 Å². The quantitative estimate of drug-likeness (QED) is 0.201. The summed E-state index contributed by atoms with van der Waals surface area (Å²) in [4.78, 5) is 2.27. The van der Waals surface area contributed by atoms with Gasteiger partial charge in [-0.2, -0.15) is 0 Å². The fourth-order valence-electron chi connectivity index (χ4n) is 4.47. The van der Waals surface area contributed by atoms with Crippen molar-refractivity contribution in [3.05, 3.63) is 121 Å². The fourth-order valence-corrected chi connectivity index (χ4v) is 4.47. The van der Waals surface area contributed by atoms with Crippen LogP contribution in [0.5, 0.6) is 0 Å². The number of fused-ring (bicyclic) bond motifs is 1. The van der Waals surface area contributed by atoms with Crippen LogP contribution in [0.15, 0.2) is 115 Å². The van der Waals surface area contributed by atoms with Crippen LogP contribution in [0.25, 0.3) is 10.8 Å². The highest BCUT2D eigenvalue weighted by Crippen LogP contribution is 2.25. The van der Waals surface area contributed by atoms with Gasteiger partial charge < -0.3 is 4.90 Å². The van der Waals surface area contributed by atoms with Crippen molar-refractivity contribution in [1.29, 1.82) is 0 Å². The van der Waals surface area contributed by atoms with Gasteiger partial charge in [-0.25, -0.2) is 0 Å². The van der Waals surface area contributed by atoms with Gasteiger partial charge in [0.2, 0.25) is 0 Å². The molecule has 0 aliphatic rings.